The summed E-state index contributed by atoms with van der Waals surface area (Å²) in [6.45, 7) is -0.475. The van der Waals surface area contributed by atoms with Crippen LogP contribution in [0.2, 0.25) is 0 Å². The third-order valence-corrected chi connectivity index (χ3v) is 3.94. The van der Waals surface area contributed by atoms with Crippen molar-refractivity contribution in [2.24, 2.45) is 0 Å². The second kappa shape index (κ2) is 5.76. The molecule has 3 amide bonds. The molecular formula is C16H12F3N3O3. The van der Waals surface area contributed by atoms with Gasteiger partial charge >= 0.3 is 12.2 Å². The summed E-state index contributed by atoms with van der Waals surface area (Å²) in [7, 11) is 0. The van der Waals surface area contributed by atoms with Gasteiger partial charge in [0, 0.05) is 6.20 Å². The van der Waals surface area contributed by atoms with E-state index in [1.165, 1.54) is 0 Å². The van der Waals surface area contributed by atoms with Gasteiger partial charge in [-0.05, 0) is 17.7 Å². The number of aromatic nitrogens is 1. The van der Waals surface area contributed by atoms with Crippen LogP contribution in [0.3, 0.4) is 0 Å². The van der Waals surface area contributed by atoms with E-state index in [0.29, 0.717) is 11.6 Å². The summed E-state index contributed by atoms with van der Waals surface area (Å²) >= 11 is 0. The van der Waals surface area contributed by atoms with Crippen LogP contribution >= 0.6 is 0 Å². The van der Waals surface area contributed by atoms with Crippen molar-refractivity contribution in [2.45, 2.75) is 18.3 Å². The van der Waals surface area contributed by atoms with E-state index in [0.717, 1.165) is 16.8 Å². The second-order valence-electron chi connectivity index (χ2n) is 5.53. The van der Waals surface area contributed by atoms with Crippen molar-refractivity contribution >= 4 is 11.9 Å². The first-order chi connectivity index (χ1) is 11.7. The standard InChI is InChI=1S/C16H12F3N3O3/c17-16(18,19)11-7-4-8-22(12(11)23)9-15(10-5-2-1-3-6-10)13(24)20-14(25)21-15/h1-8H,9H2,(H2,20,21,24,25). The number of pyridine rings is 1. The molecule has 0 spiro atoms. The molecule has 2 aromatic rings. The Morgan fingerprint density at radius 3 is 2.24 bits per heavy atom. The number of hydrogen-bond acceptors (Lipinski definition) is 3. The monoisotopic (exact) mass is 351 g/mol. The lowest BCUT2D eigenvalue weighted by atomic mass is 9.89. The minimum Gasteiger partial charge on any atom is -0.318 e. The summed E-state index contributed by atoms with van der Waals surface area (Å²) in [6.07, 6.45) is -3.68. The van der Waals surface area contributed by atoms with E-state index in [2.05, 4.69) is 10.6 Å². The molecule has 1 aliphatic rings. The first-order valence-electron chi connectivity index (χ1n) is 7.20. The fourth-order valence-electron chi connectivity index (χ4n) is 2.75. The van der Waals surface area contributed by atoms with Crippen LogP contribution in [0.15, 0.2) is 53.5 Å². The van der Waals surface area contributed by atoms with Crippen molar-refractivity contribution in [3.05, 3.63) is 70.1 Å². The molecule has 25 heavy (non-hydrogen) atoms. The van der Waals surface area contributed by atoms with Gasteiger partial charge in [0.05, 0.1) is 6.54 Å². The minimum atomic E-state index is -4.82. The van der Waals surface area contributed by atoms with Crippen molar-refractivity contribution in [2.75, 3.05) is 0 Å². The fourth-order valence-corrected chi connectivity index (χ4v) is 2.75. The molecule has 1 aromatic carbocycles. The number of rotatable bonds is 3. The highest BCUT2D eigenvalue weighted by Gasteiger charge is 2.48. The first kappa shape index (κ1) is 16.7. The van der Waals surface area contributed by atoms with Crippen molar-refractivity contribution in [3.63, 3.8) is 0 Å². The van der Waals surface area contributed by atoms with E-state index in [9.17, 15) is 27.6 Å². The smallest absolute Gasteiger partial charge is 0.318 e. The van der Waals surface area contributed by atoms with Crippen LogP contribution in [0.4, 0.5) is 18.0 Å². The minimum absolute atomic E-state index is 0.350. The number of imide groups is 1. The van der Waals surface area contributed by atoms with Gasteiger partial charge < -0.3 is 9.88 Å². The highest BCUT2D eigenvalue weighted by Crippen LogP contribution is 2.28. The van der Waals surface area contributed by atoms with E-state index in [-0.39, 0.29) is 0 Å². The average Bonchev–Trinajstić information content (AvgIpc) is 2.84. The van der Waals surface area contributed by atoms with Gasteiger partial charge in [-0.3, -0.25) is 14.9 Å². The van der Waals surface area contributed by atoms with Crippen molar-refractivity contribution in [1.29, 1.82) is 0 Å². The number of halogens is 3. The van der Waals surface area contributed by atoms with Gasteiger partial charge in [-0.25, -0.2) is 4.79 Å². The van der Waals surface area contributed by atoms with Gasteiger partial charge in [-0.1, -0.05) is 30.3 Å². The molecule has 0 radical (unpaired) electrons. The molecule has 6 nitrogen and oxygen atoms in total. The molecule has 9 heteroatoms. The molecule has 1 aliphatic heterocycles. The maximum absolute atomic E-state index is 12.9. The highest BCUT2D eigenvalue weighted by atomic mass is 19.4. The number of benzene rings is 1. The lowest BCUT2D eigenvalue weighted by Gasteiger charge is -2.27. The quantitative estimate of drug-likeness (QED) is 0.825. The third kappa shape index (κ3) is 2.88. The molecule has 1 aromatic heterocycles. The number of amides is 3. The predicted octanol–water partition coefficient (Wildman–Crippen LogP) is 1.60. The zero-order chi connectivity index (χ0) is 18.2. The number of nitrogens with zero attached hydrogens (tertiary/aromatic N) is 1. The molecule has 1 fully saturated rings. The summed E-state index contributed by atoms with van der Waals surface area (Å²) in [4.78, 5) is 36.2. The van der Waals surface area contributed by atoms with E-state index in [1.54, 1.807) is 30.3 Å². The molecular weight excluding hydrogens is 339 g/mol. The molecule has 2 heterocycles. The van der Waals surface area contributed by atoms with Crippen LogP contribution < -0.4 is 16.2 Å². The van der Waals surface area contributed by atoms with Gasteiger partial charge in [-0.15, -0.1) is 0 Å². The second-order valence-corrected chi connectivity index (χ2v) is 5.53. The van der Waals surface area contributed by atoms with E-state index in [4.69, 9.17) is 0 Å². The van der Waals surface area contributed by atoms with Gasteiger partial charge in [0.25, 0.3) is 11.5 Å². The topological polar surface area (TPSA) is 80.2 Å². The number of carbonyl (C=O) groups excluding carboxylic acids is 2. The van der Waals surface area contributed by atoms with Gasteiger partial charge in [0.1, 0.15) is 5.56 Å². The molecule has 1 atom stereocenters. The molecule has 0 bridgehead atoms. The molecule has 130 valence electrons. The number of urea groups is 1. The van der Waals surface area contributed by atoms with E-state index < -0.39 is 41.3 Å². The average molecular weight is 351 g/mol. The maximum Gasteiger partial charge on any atom is 0.421 e. The summed E-state index contributed by atoms with van der Waals surface area (Å²) in [5.41, 5.74) is -3.96. The lowest BCUT2D eigenvalue weighted by Crippen LogP contribution is -2.49. The van der Waals surface area contributed by atoms with Crippen molar-refractivity contribution in [1.82, 2.24) is 15.2 Å². The number of carbonyl (C=O) groups is 2. The fraction of sp³-hybridized carbons (Fsp3) is 0.188. The van der Waals surface area contributed by atoms with E-state index in [1.807, 2.05) is 0 Å². The Morgan fingerprint density at radius 1 is 1.00 bits per heavy atom. The first-order valence-corrected chi connectivity index (χ1v) is 7.20. The largest absolute Gasteiger partial charge is 0.421 e. The zero-order valence-electron chi connectivity index (χ0n) is 12.6. The van der Waals surface area contributed by atoms with Crippen LogP contribution in [-0.4, -0.2) is 16.5 Å². The van der Waals surface area contributed by atoms with Crippen LogP contribution in [0, 0.1) is 0 Å². The zero-order valence-corrected chi connectivity index (χ0v) is 12.6. The lowest BCUT2D eigenvalue weighted by molar-refractivity contribution is -0.139. The summed E-state index contributed by atoms with van der Waals surface area (Å²) in [5.74, 6) is -0.743. The Balaban J connectivity index is 2.12. The molecule has 0 saturated carbocycles. The van der Waals surface area contributed by atoms with E-state index >= 15 is 0 Å². The molecule has 1 saturated heterocycles. The van der Waals surface area contributed by atoms with Crippen LogP contribution in [0.1, 0.15) is 11.1 Å². The summed E-state index contributed by atoms with van der Waals surface area (Å²) < 4.78 is 39.6. The molecule has 2 N–H and O–H groups in total. The number of alkyl halides is 3. The van der Waals surface area contributed by atoms with Crippen LogP contribution in [0.5, 0.6) is 0 Å². The Kier molecular flexibility index (Phi) is 3.86. The maximum atomic E-state index is 12.9. The highest BCUT2D eigenvalue weighted by molar-refractivity contribution is 6.07. The summed E-state index contributed by atoms with van der Waals surface area (Å²) in [6, 6.07) is 8.96. The number of hydrogen-bond donors (Lipinski definition) is 2. The number of nitrogens with one attached hydrogen (secondary N) is 2. The predicted molar refractivity (Wildman–Crippen MR) is 80.5 cm³/mol. The van der Waals surface area contributed by atoms with Crippen LogP contribution in [0.25, 0.3) is 0 Å². The Morgan fingerprint density at radius 2 is 1.68 bits per heavy atom. The molecule has 3 rings (SSSR count). The Hall–Kier alpha value is -3.10. The van der Waals surface area contributed by atoms with Gasteiger partial charge in [0.2, 0.25) is 0 Å². The molecule has 1 unspecified atom stereocenters. The third-order valence-electron chi connectivity index (χ3n) is 3.94. The van der Waals surface area contributed by atoms with Gasteiger partial charge in [0.15, 0.2) is 5.54 Å². The normalized spacial score (nSPS) is 20.3. The van der Waals surface area contributed by atoms with Crippen molar-refractivity contribution in [3.8, 4) is 0 Å². The Bertz CT molecular complexity index is 893. The van der Waals surface area contributed by atoms with Gasteiger partial charge in [-0.2, -0.15) is 13.2 Å². The summed E-state index contributed by atoms with van der Waals surface area (Å²) in [5, 5.41) is 4.49. The SMILES string of the molecule is O=C1NC(=O)C(Cn2cccc(C(F)(F)F)c2=O)(c2ccccc2)N1. The van der Waals surface area contributed by atoms with Crippen LogP contribution in [-0.2, 0) is 23.1 Å². The Labute approximate surface area is 139 Å². The molecule has 0 aliphatic carbocycles. The van der Waals surface area contributed by atoms with Crippen molar-refractivity contribution < 1.29 is 22.8 Å².